The second kappa shape index (κ2) is 5.73. The molecular formula is C16H17Cl2N3O2. The van der Waals surface area contributed by atoms with E-state index in [0.717, 1.165) is 11.3 Å². The number of aromatic nitrogens is 2. The van der Waals surface area contributed by atoms with Gasteiger partial charge in [0.15, 0.2) is 0 Å². The molecule has 3 rings (SSSR count). The quantitative estimate of drug-likeness (QED) is 0.837. The fraction of sp³-hybridized carbons (Fsp3) is 0.375. The third-order valence-electron chi connectivity index (χ3n) is 4.21. The largest absolute Gasteiger partial charge is 0.497 e. The zero-order valence-electron chi connectivity index (χ0n) is 12.8. The molecule has 7 heteroatoms. The van der Waals surface area contributed by atoms with Gasteiger partial charge in [-0.3, -0.25) is 4.79 Å². The zero-order chi connectivity index (χ0) is 16.7. The first-order chi connectivity index (χ1) is 10.9. The molecule has 0 spiro atoms. The van der Waals surface area contributed by atoms with Gasteiger partial charge in [-0.2, -0.15) is 5.10 Å². The summed E-state index contributed by atoms with van der Waals surface area (Å²) < 4.78 is 5.87. The maximum atomic E-state index is 12.4. The number of nitrogens with one attached hydrogen (secondary N) is 1. The topological polar surface area (TPSA) is 56.1 Å². The number of carbonyl (C=O) groups is 1. The van der Waals surface area contributed by atoms with Crippen molar-refractivity contribution < 1.29 is 9.53 Å². The Morgan fingerprint density at radius 1 is 1.35 bits per heavy atom. The lowest BCUT2D eigenvalue weighted by atomic mass is 10.1. The minimum absolute atomic E-state index is 0.195. The van der Waals surface area contributed by atoms with E-state index in [-0.39, 0.29) is 5.91 Å². The molecule has 1 heterocycles. The second-order valence-corrected chi connectivity index (χ2v) is 7.37. The molecule has 1 saturated carbocycles. The average molecular weight is 354 g/mol. The van der Waals surface area contributed by atoms with Crippen LogP contribution in [0.25, 0.3) is 0 Å². The molecule has 23 heavy (non-hydrogen) atoms. The van der Waals surface area contributed by atoms with E-state index in [4.69, 9.17) is 27.9 Å². The Labute approximate surface area is 144 Å². The Bertz CT molecular complexity index is 727. The third-order valence-corrected chi connectivity index (χ3v) is 5.31. The minimum Gasteiger partial charge on any atom is -0.497 e. The number of carbonyl (C=O) groups excluding carboxylic acids is 1. The predicted molar refractivity (Wildman–Crippen MR) is 90.1 cm³/mol. The van der Waals surface area contributed by atoms with Crippen LogP contribution in [0, 0.1) is 5.41 Å². The second-order valence-electron chi connectivity index (χ2n) is 5.89. The van der Waals surface area contributed by atoms with Crippen molar-refractivity contribution >= 4 is 34.9 Å². The smallest absolute Gasteiger partial charge is 0.234 e. The number of benzene rings is 1. The van der Waals surface area contributed by atoms with Crippen LogP contribution in [0.1, 0.15) is 18.9 Å². The summed E-state index contributed by atoms with van der Waals surface area (Å²) in [5.41, 5.74) is 0.289. The van der Waals surface area contributed by atoms with Gasteiger partial charge in [0, 0.05) is 6.07 Å². The lowest BCUT2D eigenvalue weighted by Crippen LogP contribution is -2.27. The van der Waals surface area contributed by atoms with Gasteiger partial charge < -0.3 is 10.1 Å². The zero-order valence-corrected chi connectivity index (χ0v) is 14.4. The SMILES string of the molecule is COc1ccc(Cn2nccc2NC(=O)C2(C)CC2(Cl)Cl)cc1. The van der Waals surface area contributed by atoms with E-state index in [2.05, 4.69) is 10.4 Å². The maximum Gasteiger partial charge on any atom is 0.234 e. The lowest BCUT2D eigenvalue weighted by molar-refractivity contribution is -0.120. The maximum absolute atomic E-state index is 12.4. The summed E-state index contributed by atoms with van der Waals surface area (Å²) in [6.07, 6.45) is 2.09. The highest BCUT2D eigenvalue weighted by Crippen LogP contribution is 2.64. The summed E-state index contributed by atoms with van der Waals surface area (Å²) in [7, 11) is 1.63. The molecule has 1 aliphatic carbocycles. The van der Waals surface area contributed by atoms with Gasteiger partial charge in [-0.1, -0.05) is 12.1 Å². The Balaban J connectivity index is 1.71. The number of nitrogens with zero attached hydrogens (tertiary/aromatic N) is 2. The summed E-state index contributed by atoms with van der Waals surface area (Å²) in [5.74, 6) is 1.21. The molecule has 0 bridgehead atoms. The molecular weight excluding hydrogens is 337 g/mol. The van der Waals surface area contributed by atoms with E-state index in [1.807, 2.05) is 24.3 Å². The number of hydrogen-bond donors (Lipinski definition) is 1. The van der Waals surface area contributed by atoms with Gasteiger partial charge in [-0.15, -0.1) is 23.2 Å². The van der Waals surface area contributed by atoms with Gasteiger partial charge in [-0.05, 0) is 31.0 Å². The standard InChI is InChI=1S/C16H17Cl2N3O2/c1-15(10-16(15,17)18)14(22)20-13-7-8-19-21(13)9-11-3-5-12(23-2)6-4-11/h3-8H,9-10H2,1-2H3,(H,20,22). The number of ether oxygens (including phenoxy) is 1. The first-order valence-electron chi connectivity index (χ1n) is 7.20. The Hall–Kier alpha value is -1.72. The minimum atomic E-state index is -0.988. The van der Waals surface area contributed by atoms with Crippen LogP contribution in [-0.4, -0.2) is 27.1 Å². The van der Waals surface area contributed by atoms with Crippen molar-refractivity contribution in [2.24, 2.45) is 5.41 Å². The van der Waals surface area contributed by atoms with Crippen LogP contribution in [0.4, 0.5) is 5.82 Å². The van der Waals surface area contributed by atoms with Crippen molar-refractivity contribution in [3.63, 3.8) is 0 Å². The Morgan fingerprint density at radius 3 is 2.57 bits per heavy atom. The molecule has 1 amide bonds. The number of rotatable bonds is 5. The summed E-state index contributed by atoms with van der Waals surface area (Å²) in [6, 6.07) is 9.43. The van der Waals surface area contributed by atoms with Gasteiger partial charge in [0.25, 0.3) is 0 Å². The molecule has 1 unspecified atom stereocenters. The van der Waals surface area contributed by atoms with Crippen LogP contribution in [0.3, 0.4) is 0 Å². The number of methoxy groups -OCH3 is 1. The fourth-order valence-electron chi connectivity index (χ4n) is 2.37. The van der Waals surface area contributed by atoms with Gasteiger partial charge in [0.2, 0.25) is 5.91 Å². The van der Waals surface area contributed by atoms with E-state index in [1.54, 1.807) is 31.0 Å². The monoisotopic (exact) mass is 353 g/mol. The third kappa shape index (κ3) is 3.03. The average Bonchev–Trinajstić information content (AvgIpc) is 2.83. The lowest BCUT2D eigenvalue weighted by Gasteiger charge is -2.14. The number of alkyl halides is 2. The molecule has 1 atom stereocenters. The normalized spacial score (nSPS) is 21.7. The molecule has 122 valence electrons. The van der Waals surface area contributed by atoms with Crippen molar-refractivity contribution in [1.82, 2.24) is 9.78 Å². The first kappa shape index (κ1) is 16.1. The highest BCUT2D eigenvalue weighted by Gasteiger charge is 2.68. The Morgan fingerprint density at radius 2 is 2.00 bits per heavy atom. The van der Waals surface area contributed by atoms with Gasteiger partial charge >= 0.3 is 0 Å². The molecule has 1 N–H and O–H groups in total. The van der Waals surface area contributed by atoms with E-state index in [0.29, 0.717) is 18.8 Å². The summed E-state index contributed by atoms with van der Waals surface area (Å²) >= 11 is 12.1. The van der Waals surface area contributed by atoms with Gasteiger partial charge in [0.05, 0.1) is 25.3 Å². The van der Waals surface area contributed by atoms with Crippen LogP contribution in [0.15, 0.2) is 36.5 Å². The van der Waals surface area contributed by atoms with Crippen molar-refractivity contribution in [3.8, 4) is 5.75 Å². The van der Waals surface area contributed by atoms with Crippen molar-refractivity contribution in [1.29, 1.82) is 0 Å². The van der Waals surface area contributed by atoms with Crippen LogP contribution < -0.4 is 10.1 Å². The molecule has 1 aromatic carbocycles. The molecule has 0 radical (unpaired) electrons. The van der Waals surface area contributed by atoms with Gasteiger partial charge in [0.1, 0.15) is 15.9 Å². The van der Waals surface area contributed by atoms with Crippen LogP contribution in [0.2, 0.25) is 0 Å². The number of halogens is 2. The Kier molecular flexibility index (Phi) is 4.02. The highest BCUT2D eigenvalue weighted by atomic mass is 35.5. The molecule has 0 saturated heterocycles. The first-order valence-corrected chi connectivity index (χ1v) is 7.95. The molecule has 1 aliphatic rings. The number of hydrogen-bond acceptors (Lipinski definition) is 3. The van der Waals surface area contributed by atoms with Crippen molar-refractivity contribution in [2.45, 2.75) is 24.2 Å². The molecule has 0 aliphatic heterocycles. The van der Waals surface area contributed by atoms with Crippen molar-refractivity contribution in [2.75, 3.05) is 12.4 Å². The van der Waals surface area contributed by atoms with Crippen LogP contribution in [0.5, 0.6) is 5.75 Å². The summed E-state index contributed by atoms with van der Waals surface area (Å²) in [4.78, 5) is 12.4. The summed E-state index contributed by atoms with van der Waals surface area (Å²) in [6.45, 7) is 2.29. The van der Waals surface area contributed by atoms with Gasteiger partial charge in [-0.25, -0.2) is 4.68 Å². The predicted octanol–water partition coefficient (Wildman–Crippen LogP) is 3.46. The molecule has 1 fully saturated rings. The number of anilines is 1. The summed E-state index contributed by atoms with van der Waals surface area (Å²) in [5, 5.41) is 7.11. The fourth-order valence-corrected chi connectivity index (χ4v) is 3.08. The van der Waals surface area contributed by atoms with E-state index in [9.17, 15) is 4.79 Å². The highest BCUT2D eigenvalue weighted by molar-refractivity contribution is 6.53. The molecule has 1 aromatic heterocycles. The molecule has 2 aromatic rings. The van der Waals surface area contributed by atoms with Crippen molar-refractivity contribution in [3.05, 3.63) is 42.1 Å². The van der Waals surface area contributed by atoms with Crippen LogP contribution in [-0.2, 0) is 11.3 Å². The van der Waals surface area contributed by atoms with E-state index >= 15 is 0 Å². The number of amides is 1. The van der Waals surface area contributed by atoms with E-state index in [1.165, 1.54) is 0 Å². The van der Waals surface area contributed by atoms with Crippen LogP contribution >= 0.6 is 23.2 Å². The molecule has 5 nitrogen and oxygen atoms in total. The van der Waals surface area contributed by atoms with E-state index < -0.39 is 9.75 Å².